The van der Waals surface area contributed by atoms with Crippen LogP contribution in [-0.2, 0) is 59.0 Å². The van der Waals surface area contributed by atoms with E-state index in [4.69, 9.17) is 33.2 Å². The van der Waals surface area contributed by atoms with Gasteiger partial charge in [-0.25, -0.2) is 9.59 Å². The number of hydrogen-bond acceptors (Lipinski definition) is 14. The van der Waals surface area contributed by atoms with E-state index in [1.165, 1.54) is 18.2 Å². The van der Waals surface area contributed by atoms with Crippen LogP contribution in [0.1, 0.15) is 49.8 Å². The summed E-state index contributed by atoms with van der Waals surface area (Å²) in [5.41, 5.74) is 4.68. The molecule has 0 saturated carbocycles. The lowest BCUT2D eigenvalue weighted by molar-refractivity contribution is -0.282. The number of anilines is 1. The maximum atomic E-state index is 13.1. The van der Waals surface area contributed by atoms with Crippen LogP contribution in [0.25, 0.3) is 11.1 Å². The molecule has 1 aliphatic heterocycles. The predicted octanol–water partition coefficient (Wildman–Crippen LogP) is 3.12. The van der Waals surface area contributed by atoms with Crippen molar-refractivity contribution in [2.24, 2.45) is 0 Å². The van der Waals surface area contributed by atoms with E-state index in [0.29, 0.717) is 5.56 Å². The molecule has 1 aliphatic carbocycles. The molecule has 0 aromatic heterocycles. The van der Waals surface area contributed by atoms with Crippen LogP contribution in [0.3, 0.4) is 0 Å². The number of methoxy groups -OCH3 is 1. The van der Waals surface area contributed by atoms with E-state index < -0.39 is 73.2 Å². The highest BCUT2D eigenvalue weighted by atomic mass is 16.7. The van der Waals surface area contributed by atoms with Gasteiger partial charge in [-0.2, -0.15) is 0 Å². The Bertz CT molecular complexity index is 1850. The van der Waals surface area contributed by atoms with Gasteiger partial charge in [-0.05, 0) is 39.9 Å². The van der Waals surface area contributed by atoms with Crippen molar-refractivity contribution in [1.29, 1.82) is 0 Å². The van der Waals surface area contributed by atoms with Gasteiger partial charge in [0, 0.05) is 39.7 Å². The molecule has 2 unspecified atom stereocenters. The summed E-state index contributed by atoms with van der Waals surface area (Å²) < 4.78 is 38.3. The molecule has 3 aromatic carbocycles. The quantitative estimate of drug-likeness (QED) is 0.169. The van der Waals surface area contributed by atoms with Crippen LogP contribution in [-0.4, -0.2) is 92.0 Å². The fourth-order valence-electron chi connectivity index (χ4n) is 6.32. The highest BCUT2D eigenvalue weighted by Gasteiger charge is 2.56. The molecular formula is C38H40N2O14. The van der Waals surface area contributed by atoms with E-state index in [-0.39, 0.29) is 36.9 Å². The topological polar surface area (TPSA) is 211 Å². The third-order valence-corrected chi connectivity index (χ3v) is 8.54. The number of amides is 2. The summed E-state index contributed by atoms with van der Waals surface area (Å²) in [6.45, 7) is 2.75. The summed E-state index contributed by atoms with van der Waals surface area (Å²) in [6, 6.07) is 20.1. The predicted molar refractivity (Wildman–Crippen MR) is 187 cm³/mol. The molecule has 286 valence electrons. The van der Waals surface area contributed by atoms with Gasteiger partial charge in [0.25, 0.3) is 0 Å². The first-order valence-corrected chi connectivity index (χ1v) is 16.9. The minimum absolute atomic E-state index is 0.0265. The molecule has 0 spiro atoms. The molecule has 2 aliphatic rings. The largest absolute Gasteiger partial charge is 0.467 e. The third-order valence-electron chi connectivity index (χ3n) is 8.54. The number of esters is 4. The summed E-state index contributed by atoms with van der Waals surface area (Å²) >= 11 is 0. The first-order chi connectivity index (χ1) is 25.9. The SMILES string of the molecule is COC(=O)C1OC(Oc2ccc(CO)cc2NC(=O)CCNC(=O)OCC2c3ccccc3-c3ccccc32)[C@@H](OC(C)=O)[C@@H](OC(C)=O)[C@@H]1OC(C)=O. The number of hydrogen-bond donors (Lipinski definition) is 3. The maximum Gasteiger partial charge on any atom is 0.407 e. The fraction of sp³-hybridized carbons (Fsp3) is 0.368. The number of rotatable bonds is 13. The molecule has 1 heterocycles. The number of ether oxygens (including phenoxy) is 7. The Labute approximate surface area is 309 Å². The van der Waals surface area contributed by atoms with Gasteiger partial charge in [-0.3, -0.25) is 19.2 Å². The van der Waals surface area contributed by atoms with Crippen LogP contribution >= 0.6 is 0 Å². The second-order valence-electron chi connectivity index (χ2n) is 12.3. The first-order valence-electron chi connectivity index (χ1n) is 16.9. The monoisotopic (exact) mass is 748 g/mol. The van der Waals surface area contributed by atoms with Crippen LogP contribution in [0.4, 0.5) is 10.5 Å². The van der Waals surface area contributed by atoms with Crippen molar-refractivity contribution in [2.45, 2.75) is 70.4 Å². The van der Waals surface area contributed by atoms with Crippen LogP contribution in [0.2, 0.25) is 0 Å². The summed E-state index contributed by atoms with van der Waals surface area (Å²) in [4.78, 5) is 74.9. The molecule has 54 heavy (non-hydrogen) atoms. The molecule has 0 bridgehead atoms. The highest BCUT2D eigenvalue weighted by molar-refractivity contribution is 5.92. The van der Waals surface area contributed by atoms with Crippen LogP contribution in [0, 0.1) is 0 Å². The summed E-state index contributed by atoms with van der Waals surface area (Å²) in [6.07, 6.45) is -9.12. The van der Waals surface area contributed by atoms with Gasteiger partial charge < -0.3 is 48.9 Å². The maximum absolute atomic E-state index is 13.1. The molecule has 1 fully saturated rings. The van der Waals surface area contributed by atoms with E-state index >= 15 is 0 Å². The van der Waals surface area contributed by atoms with Crippen molar-refractivity contribution in [1.82, 2.24) is 5.32 Å². The Morgan fingerprint density at radius 3 is 1.96 bits per heavy atom. The number of aliphatic hydroxyl groups excluding tert-OH is 1. The lowest BCUT2D eigenvalue weighted by Gasteiger charge is -2.43. The van der Waals surface area contributed by atoms with Gasteiger partial charge in [0.05, 0.1) is 19.4 Å². The lowest BCUT2D eigenvalue weighted by atomic mass is 9.97. The molecule has 1 saturated heterocycles. The Morgan fingerprint density at radius 2 is 1.37 bits per heavy atom. The fourth-order valence-corrected chi connectivity index (χ4v) is 6.32. The van der Waals surface area contributed by atoms with Crippen molar-refractivity contribution in [3.05, 3.63) is 83.4 Å². The smallest absolute Gasteiger partial charge is 0.407 e. The minimum Gasteiger partial charge on any atom is -0.467 e. The zero-order valence-corrected chi connectivity index (χ0v) is 29.9. The van der Waals surface area contributed by atoms with E-state index in [1.54, 1.807) is 0 Å². The Kier molecular flexibility index (Phi) is 12.8. The molecule has 5 atom stereocenters. The van der Waals surface area contributed by atoms with Gasteiger partial charge in [-0.15, -0.1) is 0 Å². The van der Waals surface area contributed by atoms with Crippen molar-refractivity contribution >= 4 is 41.6 Å². The standard InChI is InChI=1S/C38H40N2O14/c1-20(42)50-32-33(51-21(2)43)35(52-22(3)44)37(54-34(32)36(46)48-4)53-30-14-13-23(18-41)17-29(30)40-31(45)15-16-39-38(47)49-19-28-26-11-7-5-9-24(26)25-10-6-8-12-27(25)28/h5-14,17,28,32-35,37,41H,15-16,18-19H2,1-4H3,(H,39,47)(H,40,45)/t32-,33-,34?,35-,37?/m0/s1. The van der Waals surface area contributed by atoms with Crippen molar-refractivity contribution in [3.63, 3.8) is 0 Å². The van der Waals surface area contributed by atoms with Crippen molar-refractivity contribution in [3.8, 4) is 16.9 Å². The van der Waals surface area contributed by atoms with Gasteiger partial charge in [0.1, 0.15) is 12.4 Å². The average Bonchev–Trinajstić information content (AvgIpc) is 3.46. The van der Waals surface area contributed by atoms with Gasteiger partial charge >= 0.3 is 30.0 Å². The summed E-state index contributed by atoms with van der Waals surface area (Å²) in [7, 11) is 1.05. The molecule has 16 heteroatoms. The third kappa shape index (κ3) is 9.31. The second-order valence-corrected chi connectivity index (χ2v) is 12.3. The minimum atomic E-state index is -1.71. The molecule has 3 aromatic rings. The molecule has 2 amide bonds. The molecular weight excluding hydrogens is 708 g/mol. The highest BCUT2D eigenvalue weighted by Crippen LogP contribution is 2.44. The zero-order valence-electron chi connectivity index (χ0n) is 29.9. The van der Waals surface area contributed by atoms with Crippen LogP contribution in [0.15, 0.2) is 66.7 Å². The number of carbonyl (C=O) groups is 6. The van der Waals surface area contributed by atoms with Gasteiger partial charge in [0.2, 0.25) is 18.3 Å². The van der Waals surface area contributed by atoms with Gasteiger partial charge in [0.15, 0.2) is 18.3 Å². The number of fused-ring (bicyclic) bond motifs is 3. The molecule has 16 nitrogen and oxygen atoms in total. The van der Waals surface area contributed by atoms with Crippen molar-refractivity contribution in [2.75, 3.05) is 25.6 Å². The number of alkyl carbamates (subject to hydrolysis) is 1. The Morgan fingerprint density at radius 1 is 0.778 bits per heavy atom. The van der Waals surface area contributed by atoms with E-state index in [2.05, 4.69) is 10.6 Å². The van der Waals surface area contributed by atoms with Crippen LogP contribution in [0.5, 0.6) is 5.75 Å². The Hall–Kier alpha value is -6.00. The molecule has 0 radical (unpaired) electrons. The average molecular weight is 749 g/mol. The first kappa shape index (κ1) is 39.2. The number of nitrogens with one attached hydrogen (secondary N) is 2. The number of benzene rings is 3. The normalized spacial score (nSPS) is 20.0. The van der Waals surface area contributed by atoms with E-state index in [1.807, 2.05) is 48.5 Å². The molecule has 5 rings (SSSR count). The Balaban J connectivity index is 1.26. The lowest BCUT2D eigenvalue weighted by Crippen LogP contribution is -2.64. The number of aliphatic hydroxyl groups is 1. The summed E-state index contributed by atoms with van der Waals surface area (Å²) in [5.74, 6) is -4.42. The molecule has 3 N–H and O–H groups in total. The van der Waals surface area contributed by atoms with E-state index in [9.17, 15) is 33.9 Å². The van der Waals surface area contributed by atoms with Crippen molar-refractivity contribution < 1.29 is 67.0 Å². The van der Waals surface area contributed by atoms with E-state index in [0.717, 1.165) is 50.1 Å². The zero-order chi connectivity index (χ0) is 38.9. The van der Waals surface area contributed by atoms with Crippen LogP contribution < -0.4 is 15.4 Å². The number of carbonyl (C=O) groups excluding carboxylic acids is 6. The second kappa shape index (κ2) is 17.7. The van der Waals surface area contributed by atoms with Gasteiger partial charge in [-0.1, -0.05) is 54.6 Å². The summed E-state index contributed by atoms with van der Waals surface area (Å²) in [5, 5.41) is 15.0.